The zero-order valence-electron chi connectivity index (χ0n) is 17.0. The number of fused-ring (bicyclic) bond motifs is 2. The zero-order valence-corrected chi connectivity index (χ0v) is 17.8. The third-order valence-electron chi connectivity index (χ3n) is 5.80. The monoisotopic (exact) mass is 388 g/mol. The van der Waals surface area contributed by atoms with Gasteiger partial charge in [-0.1, -0.05) is 30.3 Å². The number of unbranched alkanes of at least 4 members (excludes halogenated alkanes) is 1. The maximum atomic E-state index is 4.81. The first-order valence-electron chi connectivity index (χ1n) is 10.6. The molecule has 3 rings (SSSR count). The molecule has 4 nitrogen and oxygen atoms in total. The Morgan fingerprint density at radius 2 is 1.89 bits per heavy atom. The molecule has 2 atom stereocenters. The molecule has 0 saturated carbocycles. The number of hydrogen-bond acceptors (Lipinski definition) is 3. The molecule has 0 aliphatic carbocycles. The third kappa shape index (κ3) is 6.15. The van der Waals surface area contributed by atoms with Crippen molar-refractivity contribution < 1.29 is 0 Å². The van der Waals surface area contributed by atoms with Crippen LogP contribution in [0.5, 0.6) is 0 Å². The summed E-state index contributed by atoms with van der Waals surface area (Å²) in [5.41, 5.74) is 1.45. The lowest BCUT2D eigenvalue weighted by atomic mass is 9.96. The van der Waals surface area contributed by atoms with E-state index in [9.17, 15) is 0 Å². The first kappa shape index (κ1) is 20.5. The summed E-state index contributed by atoms with van der Waals surface area (Å²) >= 11 is 1.92. The molecule has 5 heteroatoms. The molecule has 0 spiro atoms. The number of rotatable bonds is 9. The fourth-order valence-corrected chi connectivity index (χ4v) is 5.00. The third-order valence-corrected chi connectivity index (χ3v) is 6.50. The Balaban J connectivity index is 1.51. The second kappa shape index (κ2) is 11.0. The van der Waals surface area contributed by atoms with E-state index in [4.69, 9.17) is 4.99 Å². The van der Waals surface area contributed by atoms with Crippen molar-refractivity contribution in [1.82, 2.24) is 15.5 Å². The van der Waals surface area contributed by atoms with Crippen LogP contribution in [0.1, 0.15) is 51.0 Å². The predicted molar refractivity (Wildman–Crippen MR) is 119 cm³/mol. The molecule has 2 fully saturated rings. The molecule has 150 valence electrons. The fraction of sp³-hybridized carbons (Fsp3) is 0.682. The first-order chi connectivity index (χ1) is 13.3. The van der Waals surface area contributed by atoms with Crippen LogP contribution >= 0.6 is 11.8 Å². The zero-order chi connectivity index (χ0) is 18.9. The number of nitrogens with one attached hydrogen (secondary N) is 2. The molecule has 2 bridgehead atoms. The van der Waals surface area contributed by atoms with Gasteiger partial charge in [0.1, 0.15) is 0 Å². The van der Waals surface area contributed by atoms with E-state index in [0.29, 0.717) is 18.1 Å². The summed E-state index contributed by atoms with van der Waals surface area (Å²) in [7, 11) is 0. The quantitative estimate of drug-likeness (QED) is 0.383. The average molecular weight is 389 g/mol. The number of thioether (sulfide) groups is 1. The lowest BCUT2D eigenvalue weighted by molar-refractivity contribution is 0.114. The van der Waals surface area contributed by atoms with E-state index in [1.165, 1.54) is 49.8 Å². The van der Waals surface area contributed by atoms with Crippen LogP contribution in [0, 0.1) is 0 Å². The summed E-state index contributed by atoms with van der Waals surface area (Å²) < 4.78 is 0. The van der Waals surface area contributed by atoms with Gasteiger partial charge in [0.15, 0.2) is 5.96 Å². The fourth-order valence-electron chi connectivity index (χ4n) is 4.51. The number of nitrogens with zero attached hydrogens (tertiary/aromatic N) is 2. The number of piperidine rings is 1. The van der Waals surface area contributed by atoms with E-state index in [-0.39, 0.29) is 0 Å². The Bertz CT molecular complexity index is 563. The largest absolute Gasteiger partial charge is 0.357 e. The van der Waals surface area contributed by atoms with E-state index in [1.54, 1.807) is 0 Å². The topological polar surface area (TPSA) is 39.7 Å². The van der Waals surface area contributed by atoms with Crippen LogP contribution in [0.2, 0.25) is 0 Å². The molecule has 2 aliphatic heterocycles. The van der Waals surface area contributed by atoms with Crippen molar-refractivity contribution >= 4 is 17.7 Å². The van der Waals surface area contributed by atoms with Crippen molar-refractivity contribution in [3.05, 3.63) is 35.9 Å². The predicted octanol–water partition coefficient (Wildman–Crippen LogP) is 3.88. The Kier molecular flexibility index (Phi) is 8.34. The first-order valence-corrected chi connectivity index (χ1v) is 12.0. The van der Waals surface area contributed by atoms with Gasteiger partial charge in [0.2, 0.25) is 0 Å². The molecule has 0 radical (unpaired) electrons. The van der Waals surface area contributed by atoms with Crippen molar-refractivity contribution in [3.63, 3.8) is 0 Å². The highest BCUT2D eigenvalue weighted by Crippen LogP contribution is 2.36. The van der Waals surface area contributed by atoms with Crippen LogP contribution in [0.3, 0.4) is 0 Å². The van der Waals surface area contributed by atoms with Crippen LogP contribution in [-0.2, 0) is 6.54 Å². The normalized spacial score (nSPS) is 25.6. The summed E-state index contributed by atoms with van der Waals surface area (Å²) in [5, 5.41) is 7.18. The maximum absolute atomic E-state index is 4.81. The SMILES string of the molecule is CCNC(=NCCCCSC)NC1CC2CCC(C1)N2Cc1ccccc1. The molecule has 2 unspecified atom stereocenters. The summed E-state index contributed by atoms with van der Waals surface area (Å²) in [4.78, 5) is 7.56. The van der Waals surface area contributed by atoms with Gasteiger partial charge in [-0.05, 0) is 63.0 Å². The average Bonchev–Trinajstić information content (AvgIpc) is 2.91. The molecule has 0 amide bonds. The molecule has 1 aromatic rings. The summed E-state index contributed by atoms with van der Waals surface area (Å²) in [6.45, 7) is 5.11. The molecule has 2 aliphatic rings. The summed E-state index contributed by atoms with van der Waals surface area (Å²) in [6, 6.07) is 12.9. The van der Waals surface area contributed by atoms with Crippen molar-refractivity contribution in [2.24, 2.45) is 4.99 Å². The van der Waals surface area contributed by atoms with Gasteiger partial charge >= 0.3 is 0 Å². The van der Waals surface area contributed by atoms with Gasteiger partial charge in [0.05, 0.1) is 0 Å². The highest BCUT2D eigenvalue weighted by molar-refractivity contribution is 7.98. The second-order valence-corrected chi connectivity index (χ2v) is 8.80. The molecular weight excluding hydrogens is 352 g/mol. The lowest BCUT2D eigenvalue weighted by Crippen LogP contribution is -2.52. The standard InChI is InChI=1S/C22H36N4S/c1-3-23-22(24-13-7-8-14-27-2)25-19-15-20-11-12-21(16-19)26(20)17-18-9-5-4-6-10-18/h4-6,9-10,19-21H,3,7-8,11-17H2,1-2H3,(H2,23,24,25). The van der Waals surface area contributed by atoms with Crippen molar-refractivity contribution in [1.29, 1.82) is 0 Å². The highest BCUT2D eigenvalue weighted by atomic mass is 32.2. The van der Waals surface area contributed by atoms with Gasteiger partial charge in [0.25, 0.3) is 0 Å². The Morgan fingerprint density at radius 3 is 2.56 bits per heavy atom. The number of guanidine groups is 1. The minimum Gasteiger partial charge on any atom is -0.357 e. The Labute approximate surface area is 169 Å². The Morgan fingerprint density at radius 1 is 1.15 bits per heavy atom. The van der Waals surface area contributed by atoms with Crippen LogP contribution in [0.25, 0.3) is 0 Å². The van der Waals surface area contributed by atoms with Crippen LogP contribution in [0.15, 0.2) is 35.3 Å². The van der Waals surface area contributed by atoms with Gasteiger partial charge in [-0.2, -0.15) is 11.8 Å². The number of hydrogen-bond donors (Lipinski definition) is 2. The molecule has 2 N–H and O–H groups in total. The molecule has 1 aromatic carbocycles. The van der Waals surface area contributed by atoms with Gasteiger partial charge in [-0.3, -0.25) is 9.89 Å². The van der Waals surface area contributed by atoms with Crippen molar-refractivity contribution in [3.8, 4) is 0 Å². The molecular formula is C22H36N4S. The van der Waals surface area contributed by atoms with E-state index in [0.717, 1.165) is 25.6 Å². The number of aliphatic imine (C=N–C) groups is 1. The van der Waals surface area contributed by atoms with Gasteiger partial charge in [-0.15, -0.1) is 0 Å². The molecule has 0 aromatic heterocycles. The van der Waals surface area contributed by atoms with E-state index < -0.39 is 0 Å². The van der Waals surface area contributed by atoms with Crippen LogP contribution in [-0.4, -0.2) is 54.1 Å². The Hall–Kier alpha value is -1.20. The van der Waals surface area contributed by atoms with Crippen molar-refractivity contribution in [2.45, 2.75) is 70.1 Å². The highest BCUT2D eigenvalue weighted by Gasteiger charge is 2.40. The minimum atomic E-state index is 0.554. The lowest BCUT2D eigenvalue weighted by Gasteiger charge is -2.39. The summed E-state index contributed by atoms with van der Waals surface area (Å²) in [5.74, 6) is 2.26. The van der Waals surface area contributed by atoms with Gasteiger partial charge in [-0.25, -0.2) is 0 Å². The molecule has 27 heavy (non-hydrogen) atoms. The van der Waals surface area contributed by atoms with Crippen LogP contribution < -0.4 is 10.6 Å². The van der Waals surface area contributed by atoms with E-state index in [1.807, 2.05) is 11.8 Å². The number of benzene rings is 1. The van der Waals surface area contributed by atoms with Gasteiger partial charge in [0, 0.05) is 37.8 Å². The molecule has 2 saturated heterocycles. The second-order valence-electron chi connectivity index (χ2n) is 7.82. The van der Waals surface area contributed by atoms with Gasteiger partial charge < -0.3 is 10.6 Å². The minimum absolute atomic E-state index is 0.554. The maximum Gasteiger partial charge on any atom is 0.191 e. The molecule has 2 heterocycles. The van der Waals surface area contributed by atoms with Crippen molar-refractivity contribution in [2.75, 3.05) is 25.1 Å². The van der Waals surface area contributed by atoms with Crippen LogP contribution in [0.4, 0.5) is 0 Å². The summed E-state index contributed by atoms with van der Waals surface area (Å²) in [6.07, 6.45) is 9.77. The smallest absolute Gasteiger partial charge is 0.191 e. The van der Waals surface area contributed by atoms with E-state index in [2.05, 4.69) is 59.0 Å². The van der Waals surface area contributed by atoms with E-state index >= 15 is 0 Å².